The van der Waals surface area contributed by atoms with Gasteiger partial charge >= 0.3 is 12.4 Å². The summed E-state index contributed by atoms with van der Waals surface area (Å²) in [6.07, 6.45) is -7.04. The number of alkyl halides is 6. The summed E-state index contributed by atoms with van der Waals surface area (Å²) in [6, 6.07) is 2.73. The molecule has 2 nitrogen and oxygen atoms in total. The maximum atomic E-state index is 13.0. The van der Waals surface area contributed by atoms with Crippen LogP contribution >= 0.6 is 0 Å². The molecule has 0 aromatic carbocycles. The minimum atomic E-state index is -4.72. The third kappa shape index (κ3) is 3.16. The van der Waals surface area contributed by atoms with E-state index in [2.05, 4.69) is 4.98 Å². The Bertz CT molecular complexity index is 728. The van der Waals surface area contributed by atoms with Crippen LogP contribution in [0, 0.1) is 5.92 Å². The molecule has 1 aliphatic rings. The van der Waals surface area contributed by atoms with Gasteiger partial charge < -0.3 is 4.57 Å². The van der Waals surface area contributed by atoms with Gasteiger partial charge in [0.15, 0.2) is 0 Å². The number of pyridine rings is 1. The largest absolute Gasteiger partial charge is 0.418 e. The topological polar surface area (TPSA) is 17.8 Å². The van der Waals surface area contributed by atoms with Crippen LogP contribution < -0.4 is 0 Å². The molecule has 0 radical (unpaired) electrons. The van der Waals surface area contributed by atoms with Crippen LogP contribution in [-0.2, 0) is 12.7 Å². The Morgan fingerprint density at radius 2 is 1.87 bits per heavy atom. The lowest BCUT2D eigenvalue weighted by Gasteiger charge is -2.09. The molecular formula is C15H14F6N2. The molecule has 0 bridgehead atoms. The zero-order valence-corrected chi connectivity index (χ0v) is 12.2. The van der Waals surface area contributed by atoms with Crippen molar-refractivity contribution in [3.8, 4) is 0 Å². The molecule has 2 atom stereocenters. The normalized spacial score (nSPS) is 21.9. The van der Waals surface area contributed by atoms with E-state index in [0.29, 0.717) is 22.4 Å². The van der Waals surface area contributed by atoms with Gasteiger partial charge in [0.05, 0.1) is 5.56 Å². The van der Waals surface area contributed by atoms with Gasteiger partial charge in [-0.25, -0.2) is 4.98 Å². The van der Waals surface area contributed by atoms with E-state index < -0.39 is 24.5 Å². The van der Waals surface area contributed by atoms with Crippen LogP contribution in [0.2, 0.25) is 0 Å². The summed E-state index contributed by atoms with van der Waals surface area (Å²) in [4.78, 5) is 4.12. The first-order valence-electron chi connectivity index (χ1n) is 7.24. The summed E-state index contributed by atoms with van der Waals surface area (Å²) in [5, 5.41) is -0.292. The second kappa shape index (κ2) is 5.14. The summed E-state index contributed by atoms with van der Waals surface area (Å²) >= 11 is 0. The Morgan fingerprint density at radius 1 is 1.17 bits per heavy atom. The maximum absolute atomic E-state index is 13.0. The van der Waals surface area contributed by atoms with Gasteiger partial charge in [-0.15, -0.1) is 0 Å². The highest BCUT2D eigenvalue weighted by atomic mass is 19.4. The van der Waals surface area contributed by atoms with Gasteiger partial charge in [0, 0.05) is 23.2 Å². The molecule has 0 aliphatic heterocycles. The fourth-order valence-corrected chi connectivity index (χ4v) is 2.99. The number of rotatable bonds is 3. The monoisotopic (exact) mass is 336 g/mol. The minimum absolute atomic E-state index is 0.132. The van der Waals surface area contributed by atoms with Crippen molar-refractivity contribution in [1.82, 2.24) is 9.55 Å². The summed E-state index contributed by atoms with van der Waals surface area (Å²) in [6.45, 7) is 0.509. The van der Waals surface area contributed by atoms with E-state index in [4.69, 9.17) is 0 Å². The Kier molecular flexibility index (Phi) is 3.61. The summed E-state index contributed by atoms with van der Waals surface area (Å²) in [7, 11) is 0. The van der Waals surface area contributed by atoms with E-state index >= 15 is 0 Å². The predicted octanol–water partition coefficient (Wildman–Crippen LogP) is 5.13. The molecule has 2 aromatic rings. The Morgan fingerprint density at radius 3 is 2.39 bits per heavy atom. The molecule has 1 aliphatic carbocycles. The van der Waals surface area contributed by atoms with Gasteiger partial charge in [-0.3, -0.25) is 0 Å². The zero-order valence-electron chi connectivity index (χ0n) is 12.2. The van der Waals surface area contributed by atoms with E-state index in [1.807, 2.05) is 6.92 Å². The molecule has 2 heterocycles. The van der Waals surface area contributed by atoms with Gasteiger partial charge in [-0.2, -0.15) is 26.3 Å². The van der Waals surface area contributed by atoms with Crippen LogP contribution in [0.25, 0.3) is 11.0 Å². The number of hydrogen-bond acceptors (Lipinski definition) is 1. The van der Waals surface area contributed by atoms with Crippen LogP contribution in [0.5, 0.6) is 0 Å². The van der Waals surface area contributed by atoms with Crippen molar-refractivity contribution < 1.29 is 26.3 Å². The van der Waals surface area contributed by atoms with Gasteiger partial charge in [-0.1, -0.05) is 13.3 Å². The first-order valence-corrected chi connectivity index (χ1v) is 7.24. The van der Waals surface area contributed by atoms with Crippen LogP contribution in [0.4, 0.5) is 26.3 Å². The Balaban J connectivity index is 2.10. The summed E-state index contributed by atoms with van der Waals surface area (Å²) < 4.78 is 77.5. The quantitative estimate of drug-likeness (QED) is 0.711. The lowest BCUT2D eigenvalue weighted by Crippen LogP contribution is -2.17. The molecule has 23 heavy (non-hydrogen) atoms. The molecule has 8 heteroatoms. The number of hydrogen-bond donors (Lipinski definition) is 0. The number of aromatic nitrogens is 2. The highest BCUT2D eigenvalue weighted by Crippen LogP contribution is 2.49. The average Bonchev–Trinajstić information content (AvgIpc) is 3.12. The Labute approximate surface area is 128 Å². The molecule has 0 saturated heterocycles. The van der Waals surface area contributed by atoms with Gasteiger partial charge in [0.25, 0.3) is 0 Å². The fourth-order valence-electron chi connectivity index (χ4n) is 2.99. The minimum Gasteiger partial charge on any atom is -0.323 e. The number of nitrogens with zero attached hydrogens (tertiary/aromatic N) is 2. The van der Waals surface area contributed by atoms with E-state index in [0.717, 1.165) is 12.8 Å². The fraction of sp³-hybridized carbons (Fsp3) is 0.533. The molecule has 0 amide bonds. The van der Waals surface area contributed by atoms with Crippen LogP contribution in [0.1, 0.15) is 36.9 Å². The van der Waals surface area contributed by atoms with E-state index in [-0.39, 0.29) is 17.0 Å². The molecule has 1 fully saturated rings. The second-order valence-corrected chi connectivity index (χ2v) is 5.90. The van der Waals surface area contributed by atoms with Crippen molar-refractivity contribution in [2.24, 2.45) is 5.92 Å². The lowest BCUT2D eigenvalue weighted by molar-refractivity contribution is -0.143. The van der Waals surface area contributed by atoms with Gasteiger partial charge in [0.2, 0.25) is 0 Å². The first-order chi connectivity index (χ1) is 10.6. The average molecular weight is 336 g/mol. The Hall–Kier alpha value is -1.73. The van der Waals surface area contributed by atoms with Gasteiger partial charge in [-0.05, 0) is 24.5 Å². The molecular weight excluding hydrogens is 322 g/mol. The molecule has 126 valence electrons. The molecule has 0 N–H and O–H groups in total. The molecule has 0 spiro atoms. The number of fused-ring (bicyclic) bond motifs is 1. The van der Waals surface area contributed by atoms with Crippen molar-refractivity contribution in [2.45, 2.75) is 44.6 Å². The highest BCUT2D eigenvalue weighted by Gasteiger charge is 2.40. The summed E-state index contributed by atoms with van der Waals surface area (Å²) in [5.74, 6) is 0.543. The smallest absolute Gasteiger partial charge is 0.323 e. The second-order valence-electron chi connectivity index (χ2n) is 5.90. The van der Waals surface area contributed by atoms with Crippen LogP contribution in [0.3, 0.4) is 0 Å². The van der Waals surface area contributed by atoms with E-state index in [1.165, 1.54) is 12.1 Å². The predicted molar refractivity (Wildman–Crippen MR) is 71.9 cm³/mol. The van der Waals surface area contributed by atoms with Gasteiger partial charge in [0.1, 0.15) is 12.2 Å². The van der Waals surface area contributed by atoms with Crippen LogP contribution in [-0.4, -0.2) is 15.7 Å². The molecule has 2 aromatic heterocycles. The van der Waals surface area contributed by atoms with Crippen molar-refractivity contribution in [2.75, 3.05) is 0 Å². The van der Waals surface area contributed by atoms with E-state index in [1.54, 1.807) is 0 Å². The van der Waals surface area contributed by atoms with Crippen molar-refractivity contribution in [3.05, 3.63) is 29.6 Å². The molecule has 3 rings (SSSR count). The van der Waals surface area contributed by atoms with Crippen molar-refractivity contribution in [1.29, 1.82) is 0 Å². The zero-order chi connectivity index (χ0) is 17.0. The van der Waals surface area contributed by atoms with Crippen molar-refractivity contribution in [3.63, 3.8) is 0 Å². The molecule has 1 saturated carbocycles. The van der Waals surface area contributed by atoms with E-state index in [9.17, 15) is 26.3 Å². The third-order valence-electron chi connectivity index (χ3n) is 4.23. The maximum Gasteiger partial charge on any atom is 0.418 e. The highest BCUT2D eigenvalue weighted by molar-refractivity contribution is 5.81. The standard InChI is InChI=1S/C15H14F6N2/c1-2-8-5-10(8)12-4-3-9-11(15(19,20)21)6-23(13(9)22-12)7-14(16,17)18/h3-4,6,8,10H,2,5,7H2,1H3/t8-,10-/m0/s1. The first kappa shape index (κ1) is 16.1. The number of halogens is 6. The lowest BCUT2D eigenvalue weighted by atomic mass is 10.1. The summed E-state index contributed by atoms with van der Waals surface area (Å²) in [5.41, 5.74) is -0.771. The van der Waals surface area contributed by atoms with Crippen molar-refractivity contribution >= 4 is 11.0 Å². The SMILES string of the molecule is CC[C@H]1C[C@@H]1c1ccc2c(C(F)(F)F)cn(CC(F)(F)F)c2n1. The van der Waals surface area contributed by atoms with Crippen LogP contribution in [0.15, 0.2) is 18.3 Å². The third-order valence-corrected chi connectivity index (χ3v) is 4.23. The molecule has 0 unspecified atom stereocenters.